The lowest BCUT2D eigenvalue weighted by molar-refractivity contribution is -0.132. The molecule has 0 bridgehead atoms. The smallest absolute Gasteiger partial charge is 0.328 e. The van der Waals surface area contributed by atoms with Gasteiger partial charge in [0.25, 0.3) is 0 Å². The van der Waals surface area contributed by atoms with E-state index in [1.54, 1.807) is 45.9 Å². The highest BCUT2D eigenvalue weighted by Gasteiger charge is 2.25. The predicted octanol–water partition coefficient (Wildman–Crippen LogP) is 21.5. The molecular formula is C90H120FN3O12. The zero-order valence-corrected chi connectivity index (χ0v) is 67.4. The lowest BCUT2D eigenvalue weighted by Gasteiger charge is -2.26. The van der Waals surface area contributed by atoms with E-state index in [2.05, 4.69) is 108 Å². The topological polar surface area (TPSA) is 196 Å². The number of rotatable bonds is 33. The quantitative estimate of drug-likeness (QED) is 0.0176. The lowest BCUT2D eigenvalue weighted by atomic mass is 9.82. The molecule has 0 heterocycles. The highest BCUT2D eigenvalue weighted by molar-refractivity contribution is 5.86. The van der Waals surface area contributed by atoms with Crippen molar-refractivity contribution in [2.45, 2.75) is 155 Å². The van der Waals surface area contributed by atoms with E-state index in [1.807, 2.05) is 161 Å². The monoisotopic (exact) mass is 1450 g/mol. The summed E-state index contributed by atoms with van der Waals surface area (Å²) in [7, 11) is 11.9. The highest BCUT2D eigenvalue weighted by atomic mass is 19.1. The molecule has 0 saturated heterocycles. The zero-order chi connectivity index (χ0) is 80.0. The van der Waals surface area contributed by atoms with E-state index in [4.69, 9.17) is 39.4 Å². The van der Waals surface area contributed by atoms with Crippen molar-refractivity contribution in [3.8, 4) is 34.1 Å². The van der Waals surface area contributed by atoms with Crippen molar-refractivity contribution in [1.82, 2.24) is 0 Å². The Hall–Kier alpha value is -10.4. The van der Waals surface area contributed by atoms with Crippen LogP contribution in [0.1, 0.15) is 173 Å². The number of alkyl halides is 1. The van der Waals surface area contributed by atoms with E-state index in [1.165, 1.54) is 40.5 Å². The molecule has 0 aliphatic carbocycles. The summed E-state index contributed by atoms with van der Waals surface area (Å²) < 4.78 is 36.7. The van der Waals surface area contributed by atoms with Gasteiger partial charge in [0.1, 0.15) is 23.0 Å². The van der Waals surface area contributed by atoms with Crippen LogP contribution in [-0.2, 0) is 31.0 Å². The molecule has 0 saturated carbocycles. The van der Waals surface area contributed by atoms with Gasteiger partial charge in [0.05, 0.1) is 50.2 Å². The molecule has 0 aliphatic rings. The number of allylic oxidation sites excluding steroid dienone is 17. The number of aryl methyl sites for hydroxylation is 4. The molecule has 5 rings (SSSR count). The van der Waals surface area contributed by atoms with Crippen LogP contribution in [0.25, 0.3) is 33.9 Å². The Morgan fingerprint density at radius 2 is 0.821 bits per heavy atom. The molecule has 574 valence electrons. The number of hydrogen-bond acceptors (Lipinski definition) is 11. The summed E-state index contributed by atoms with van der Waals surface area (Å²) in [4.78, 5) is 49.0. The molecule has 0 amide bonds. The average molecular weight is 1450 g/mol. The van der Waals surface area contributed by atoms with Gasteiger partial charge in [-0.25, -0.2) is 19.2 Å². The van der Waals surface area contributed by atoms with E-state index in [9.17, 15) is 23.6 Å². The summed E-state index contributed by atoms with van der Waals surface area (Å²) in [6.45, 7) is 36.2. The maximum absolute atomic E-state index is 12.5. The summed E-state index contributed by atoms with van der Waals surface area (Å²) in [5.74, 6) is -0.340. The molecule has 5 aromatic carbocycles. The predicted molar refractivity (Wildman–Crippen MR) is 443 cm³/mol. The van der Waals surface area contributed by atoms with Crippen LogP contribution in [0.5, 0.6) is 23.0 Å². The fraction of sp³-hybridized carbons (Fsp3) is 0.378. The SMILES string of the molecule is C/C(=C/C=C/C(C)=C/C(=O)O)c1cc(C)cc(N(C)C)c1OCCCF.CCCCOc1c(\C(C)=C/C=C/C(C)=C/C(=O)O)cc(C)cc1N(C)C.CCCOc1c(\C(C)=C/C=C/C(C)=C/C(=O)O)cc(C)cc1N(C)C.CCOc1c(-c2ccccc2/C=C/C(C)=C/C(=O)O)cc(CC)cc1C(C)(C)C. The van der Waals surface area contributed by atoms with Gasteiger partial charge >= 0.3 is 23.9 Å². The second-order valence-corrected chi connectivity index (χ2v) is 27.6. The van der Waals surface area contributed by atoms with Gasteiger partial charge in [-0.15, -0.1) is 0 Å². The van der Waals surface area contributed by atoms with Crippen molar-refractivity contribution < 1.29 is 62.9 Å². The first kappa shape index (κ1) is 91.7. The number of carboxylic acids is 4. The van der Waals surface area contributed by atoms with Gasteiger partial charge in [-0.1, -0.05) is 145 Å². The number of ether oxygens (including phenoxy) is 4. The number of hydrogen-bond donors (Lipinski definition) is 4. The van der Waals surface area contributed by atoms with Crippen molar-refractivity contribution in [3.63, 3.8) is 0 Å². The van der Waals surface area contributed by atoms with Crippen molar-refractivity contribution in [2.75, 3.05) is 90.1 Å². The van der Waals surface area contributed by atoms with Gasteiger partial charge < -0.3 is 54.1 Å². The summed E-state index contributed by atoms with van der Waals surface area (Å²) in [5.41, 5.74) is 21.0. The molecule has 0 aliphatic heterocycles. The van der Waals surface area contributed by atoms with Gasteiger partial charge in [0.15, 0.2) is 0 Å². The number of halogens is 1. The third kappa shape index (κ3) is 32.8. The Kier molecular flexibility index (Phi) is 40.8. The van der Waals surface area contributed by atoms with E-state index >= 15 is 0 Å². The third-order valence-electron chi connectivity index (χ3n) is 16.0. The Labute approximate surface area is 633 Å². The maximum Gasteiger partial charge on any atom is 0.328 e. The van der Waals surface area contributed by atoms with E-state index in [0.29, 0.717) is 55.1 Å². The molecule has 0 spiro atoms. The molecule has 15 nitrogen and oxygen atoms in total. The van der Waals surface area contributed by atoms with Crippen LogP contribution in [0, 0.1) is 20.8 Å². The van der Waals surface area contributed by atoms with Crippen molar-refractivity contribution in [3.05, 3.63) is 230 Å². The normalized spacial score (nSPS) is 12.5. The first-order chi connectivity index (χ1) is 49.9. The minimum absolute atomic E-state index is 0.0456. The fourth-order valence-electron chi connectivity index (χ4n) is 10.7. The second-order valence-electron chi connectivity index (χ2n) is 27.6. The molecule has 0 fully saturated rings. The Bertz CT molecular complexity index is 3980. The van der Waals surface area contributed by atoms with Crippen LogP contribution in [0.15, 0.2) is 180 Å². The molecule has 0 atom stereocenters. The number of carboxylic acid groups (broad SMARTS) is 4. The van der Waals surface area contributed by atoms with Crippen LogP contribution < -0.4 is 33.6 Å². The standard InChI is InChI=1S/C26H32O3.C22H31NO3.C21H28FNO3.C21H29NO3/c1-7-19-16-22(25(29-8-2)23(17-19)26(4,5)6)21-12-10-9-11-20(21)14-13-18(3)15-24(27)28;1-7-8-12-26-22-19(13-17(3)14-20(22)23(5)6)18(4)11-9-10-16(2)15-21(24)25;1-15(14-20(24)25)8-6-9-17(3)18-12-16(2)13-19(23(4)5)21(18)26-11-7-10-22;1-7-11-25-21-18(12-16(3)13-19(21)22(5)6)17(4)10-8-9-15(2)14-20(23)24/h9-17H,7-8H2,1-6H3,(H,27,28);9-11,13-15H,7-8,12H2,1-6H3,(H,24,25);6,8-9,12-14H,7,10-11H2,1-5H3,(H,24,25);8-10,12-14H,7,11H2,1-6H3,(H,23,24)/b14-13+,18-15+;10-9+,16-15+,18-11-;8-6+,15-14+,17-9-;9-8+,15-14+,17-10-. The highest BCUT2D eigenvalue weighted by Crippen LogP contribution is 2.44. The fourth-order valence-corrected chi connectivity index (χ4v) is 10.7. The molecule has 16 heteroatoms. The average Bonchev–Trinajstić information content (AvgIpc) is 0.785. The molecule has 4 N–H and O–H groups in total. The van der Waals surface area contributed by atoms with E-state index < -0.39 is 30.6 Å². The van der Waals surface area contributed by atoms with Crippen LogP contribution in [-0.4, -0.2) is 120 Å². The summed E-state index contributed by atoms with van der Waals surface area (Å²) in [6, 6.07) is 25.2. The van der Waals surface area contributed by atoms with Crippen LogP contribution in [0.3, 0.4) is 0 Å². The van der Waals surface area contributed by atoms with Crippen LogP contribution in [0.2, 0.25) is 0 Å². The van der Waals surface area contributed by atoms with Gasteiger partial charge in [0.2, 0.25) is 0 Å². The molecule has 0 unspecified atom stereocenters. The Morgan fingerprint density at radius 3 is 1.15 bits per heavy atom. The first-order valence-corrected chi connectivity index (χ1v) is 36.1. The Balaban J connectivity index is 0.000000481. The number of nitrogens with zero attached hydrogens (tertiary/aromatic N) is 3. The second kappa shape index (κ2) is 47.2. The first-order valence-electron chi connectivity index (χ1n) is 36.1. The molecule has 0 radical (unpaired) electrons. The zero-order valence-electron chi connectivity index (χ0n) is 67.4. The minimum Gasteiger partial charge on any atom is -0.493 e. The van der Waals surface area contributed by atoms with Gasteiger partial charge in [-0.05, 0) is 216 Å². The van der Waals surface area contributed by atoms with Crippen LogP contribution in [0.4, 0.5) is 21.5 Å². The summed E-state index contributed by atoms with van der Waals surface area (Å²) >= 11 is 0. The number of aliphatic carboxylic acids is 4. The van der Waals surface area contributed by atoms with Gasteiger partial charge in [0, 0.05) is 101 Å². The molecule has 5 aromatic rings. The number of unbranched alkanes of at least 4 members (excludes halogenated alkanes) is 1. The summed E-state index contributed by atoms with van der Waals surface area (Å²) in [6.07, 6.45) is 29.6. The minimum atomic E-state index is -0.967. The molecular weight excluding hydrogens is 1330 g/mol. The lowest BCUT2D eigenvalue weighted by Crippen LogP contribution is -2.15. The van der Waals surface area contributed by atoms with Crippen molar-refractivity contribution in [2.24, 2.45) is 0 Å². The van der Waals surface area contributed by atoms with Gasteiger partial charge in [-0.3, -0.25) is 4.39 Å². The molecule has 106 heavy (non-hydrogen) atoms. The largest absolute Gasteiger partial charge is 0.493 e. The number of carbonyl (C=O) groups is 4. The van der Waals surface area contributed by atoms with E-state index in [0.717, 1.165) is 127 Å². The molecule has 0 aromatic heterocycles. The number of benzene rings is 5. The van der Waals surface area contributed by atoms with Crippen molar-refractivity contribution >= 4 is 63.7 Å². The van der Waals surface area contributed by atoms with Gasteiger partial charge in [-0.2, -0.15) is 0 Å². The van der Waals surface area contributed by atoms with Crippen LogP contribution >= 0.6 is 0 Å². The number of anilines is 3. The third-order valence-corrected chi connectivity index (χ3v) is 16.0. The van der Waals surface area contributed by atoms with E-state index in [-0.39, 0.29) is 5.41 Å². The Morgan fingerprint density at radius 1 is 0.453 bits per heavy atom. The maximum atomic E-state index is 12.5. The summed E-state index contributed by atoms with van der Waals surface area (Å²) in [5, 5.41) is 35.2. The van der Waals surface area contributed by atoms with Crippen molar-refractivity contribution in [1.29, 1.82) is 0 Å².